The average Bonchev–Trinajstić information content (AvgIpc) is 1.84. The van der Waals surface area contributed by atoms with Crippen LogP contribution in [0.3, 0.4) is 0 Å². The van der Waals surface area contributed by atoms with Gasteiger partial charge in [-0.1, -0.05) is 0 Å². The Labute approximate surface area is 61.7 Å². The van der Waals surface area contributed by atoms with Crippen LogP contribution in [0, 0.1) is 5.41 Å². The van der Waals surface area contributed by atoms with E-state index in [-0.39, 0.29) is 0 Å². The molecule has 0 saturated carbocycles. The highest BCUT2D eigenvalue weighted by Gasteiger charge is 2.36. The van der Waals surface area contributed by atoms with Gasteiger partial charge in [0.15, 0.2) is 0 Å². The molecular weight excluding hydrogens is 128 g/mol. The quantitative estimate of drug-likeness (QED) is 0.569. The lowest BCUT2D eigenvalue weighted by Crippen LogP contribution is -2.45. The smallest absolute Gasteiger partial charge is 0.0545 e. The summed E-state index contributed by atoms with van der Waals surface area (Å²) in [5.41, 5.74) is 11.3. The van der Waals surface area contributed by atoms with Crippen molar-refractivity contribution in [3.05, 3.63) is 0 Å². The van der Waals surface area contributed by atoms with Gasteiger partial charge in [-0.3, -0.25) is 0 Å². The normalized spacial score (nSPS) is 22.2. The number of ether oxygens (including phenoxy) is 1. The standard InChI is InChI=1S/C7H16N2O/c8-3-1-7(2-4-9)5-10-6-7/h1-6,8-9H2. The van der Waals surface area contributed by atoms with Crippen molar-refractivity contribution in [2.45, 2.75) is 12.8 Å². The minimum atomic E-state index is 0.351. The Morgan fingerprint density at radius 3 is 1.80 bits per heavy atom. The molecule has 0 aromatic rings. The lowest BCUT2D eigenvalue weighted by molar-refractivity contribution is -0.119. The van der Waals surface area contributed by atoms with Gasteiger partial charge in [0.2, 0.25) is 0 Å². The SMILES string of the molecule is NCCC1(CCN)COC1. The summed E-state index contributed by atoms with van der Waals surface area (Å²) in [6, 6.07) is 0. The summed E-state index contributed by atoms with van der Waals surface area (Å²) >= 11 is 0. The van der Waals surface area contributed by atoms with Crippen molar-refractivity contribution < 1.29 is 4.74 Å². The average molecular weight is 144 g/mol. The Bertz CT molecular complexity index is 93.8. The van der Waals surface area contributed by atoms with Crippen LogP contribution in [0.1, 0.15) is 12.8 Å². The van der Waals surface area contributed by atoms with Gasteiger partial charge >= 0.3 is 0 Å². The van der Waals surface area contributed by atoms with E-state index in [9.17, 15) is 0 Å². The molecule has 4 N–H and O–H groups in total. The zero-order valence-electron chi connectivity index (χ0n) is 6.31. The summed E-state index contributed by atoms with van der Waals surface area (Å²) in [5, 5.41) is 0. The summed E-state index contributed by atoms with van der Waals surface area (Å²) < 4.78 is 5.13. The highest BCUT2D eigenvalue weighted by Crippen LogP contribution is 2.33. The lowest BCUT2D eigenvalue weighted by atomic mass is 9.79. The molecule has 60 valence electrons. The molecule has 0 unspecified atom stereocenters. The first-order valence-corrected chi connectivity index (χ1v) is 3.81. The fourth-order valence-electron chi connectivity index (χ4n) is 1.42. The van der Waals surface area contributed by atoms with Crippen molar-refractivity contribution in [2.75, 3.05) is 26.3 Å². The predicted octanol–water partition coefficient (Wildman–Crippen LogP) is -0.299. The zero-order chi connectivity index (χ0) is 7.45. The van der Waals surface area contributed by atoms with Gasteiger partial charge in [-0.2, -0.15) is 0 Å². The molecule has 10 heavy (non-hydrogen) atoms. The van der Waals surface area contributed by atoms with E-state index in [1.807, 2.05) is 0 Å². The molecule has 3 nitrogen and oxygen atoms in total. The Morgan fingerprint density at radius 2 is 1.60 bits per heavy atom. The summed E-state index contributed by atoms with van der Waals surface area (Å²) in [6.07, 6.45) is 2.12. The van der Waals surface area contributed by atoms with Gasteiger partial charge in [0.25, 0.3) is 0 Å². The first-order valence-electron chi connectivity index (χ1n) is 3.81. The molecule has 0 radical (unpaired) electrons. The third-order valence-corrected chi connectivity index (χ3v) is 2.17. The summed E-state index contributed by atoms with van der Waals surface area (Å²) in [6.45, 7) is 3.23. The van der Waals surface area contributed by atoms with Gasteiger partial charge in [-0.25, -0.2) is 0 Å². The summed E-state index contributed by atoms with van der Waals surface area (Å²) in [4.78, 5) is 0. The number of rotatable bonds is 4. The van der Waals surface area contributed by atoms with Crippen molar-refractivity contribution >= 4 is 0 Å². The third-order valence-electron chi connectivity index (χ3n) is 2.17. The van der Waals surface area contributed by atoms with Crippen LogP contribution >= 0.6 is 0 Å². The van der Waals surface area contributed by atoms with Crippen molar-refractivity contribution in [3.63, 3.8) is 0 Å². The maximum Gasteiger partial charge on any atom is 0.0545 e. The summed E-state index contributed by atoms with van der Waals surface area (Å²) in [7, 11) is 0. The van der Waals surface area contributed by atoms with Crippen LogP contribution in [0.25, 0.3) is 0 Å². The maximum absolute atomic E-state index is 5.46. The molecule has 1 heterocycles. The van der Waals surface area contributed by atoms with E-state index in [1.54, 1.807) is 0 Å². The third kappa shape index (κ3) is 1.48. The predicted molar refractivity (Wildman–Crippen MR) is 40.6 cm³/mol. The molecule has 1 saturated heterocycles. The van der Waals surface area contributed by atoms with E-state index in [0.29, 0.717) is 5.41 Å². The van der Waals surface area contributed by atoms with Crippen molar-refractivity contribution in [1.82, 2.24) is 0 Å². The van der Waals surface area contributed by atoms with Crippen LogP contribution in [0.5, 0.6) is 0 Å². The van der Waals surface area contributed by atoms with Gasteiger partial charge in [0, 0.05) is 5.41 Å². The molecule has 0 spiro atoms. The fourth-order valence-corrected chi connectivity index (χ4v) is 1.42. The second kappa shape index (κ2) is 3.32. The molecule has 0 aromatic carbocycles. The molecule has 1 rings (SSSR count). The zero-order valence-corrected chi connectivity index (χ0v) is 6.31. The van der Waals surface area contributed by atoms with Crippen LogP contribution in [-0.4, -0.2) is 26.3 Å². The van der Waals surface area contributed by atoms with Crippen molar-refractivity contribution in [1.29, 1.82) is 0 Å². The molecule has 0 bridgehead atoms. The highest BCUT2D eigenvalue weighted by atomic mass is 16.5. The maximum atomic E-state index is 5.46. The molecule has 0 aromatic heterocycles. The minimum Gasteiger partial charge on any atom is -0.380 e. The number of hydrogen-bond acceptors (Lipinski definition) is 3. The highest BCUT2D eigenvalue weighted by molar-refractivity contribution is 4.85. The van der Waals surface area contributed by atoms with Gasteiger partial charge in [0.1, 0.15) is 0 Å². The fraction of sp³-hybridized carbons (Fsp3) is 1.00. The largest absolute Gasteiger partial charge is 0.380 e. The van der Waals surface area contributed by atoms with Crippen LogP contribution < -0.4 is 11.5 Å². The summed E-state index contributed by atoms with van der Waals surface area (Å²) in [5.74, 6) is 0. The molecule has 1 aliphatic rings. The van der Waals surface area contributed by atoms with Crippen LogP contribution in [0.4, 0.5) is 0 Å². The second-order valence-corrected chi connectivity index (χ2v) is 3.07. The number of nitrogens with two attached hydrogens (primary N) is 2. The topological polar surface area (TPSA) is 61.3 Å². The van der Waals surface area contributed by atoms with E-state index in [4.69, 9.17) is 16.2 Å². The Morgan fingerprint density at radius 1 is 1.10 bits per heavy atom. The first-order chi connectivity index (χ1) is 4.83. The van der Waals surface area contributed by atoms with Gasteiger partial charge in [-0.15, -0.1) is 0 Å². The van der Waals surface area contributed by atoms with E-state index in [2.05, 4.69) is 0 Å². The van der Waals surface area contributed by atoms with Crippen LogP contribution in [-0.2, 0) is 4.74 Å². The van der Waals surface area contributed by atoms with Crippen molar-refractivity contribution in [2.24, 2.45) is 16.9 Å². The Kier molecular flexibility index (Phi) is 2.65. The van der Waals surface area contributed by atoms with Gasteiger partial charge < -0.3 is 16.2 Å². The minimum absolute atomic E-state index is 0.351. The second-order valence-electron chi connectivity index (χ2n) is 3.07. The van der Waals surface area contributed by atoms with Crippen LogP contribution in [0.15, 0.2) is 0 Å². The molecule has 0 aliphatic carbocycles. The molecule has 1 fully saturated rings. The molecule has 0 atom stereocenters. The van der Waals surface area contributed by atoms with Gasteiger partial charge in [0.05, 0.1) is 13.2 Å². The van der Waals surface area contributed by atoms with E-state index in [1.165, 1.54) is 0 Å². The van der Waals surface area contributed by atoms with E-state index in [0.717, 1.165) is 39.1 Å². The van der Waals surface area contributed by atoms with Crippen molar-refractivity contribution in [3.8, 4) is 0 Å². The van der Waals surface area contributed by atoms with E-state index < -0.39 is 0 Å². The molecular formula is C7H16N2O. The van der Waals surface area contributed by atoms with E-state index >= 15 is 0 Å². The first kappa shape index (κ1) is 7.98. The Balaban J connectivity index is 2.27. The monoisotopic (exact) mass is 144 g/mol. The molecule has 1 aliphatic heterocycles. The molecule has 0 amide bonds. The Hall–Kier alpha value is -0.120. The van der Waals surface area contributed by atoms with Crippen LogP contribution in [0.2, 0.25) is 0 Å². The number of hydrogen-bond donors (Lipinski definition) is 2. The lowest BCUT2D eigenvalue weighted by Gasteiger charge is -2.41. The molecule has 3 heteroatoms. The van der Waals surface area contributed by atoms with Gasteiger partial charge in [-0.05, 0) is 25.9 Å².